The zero-order chi connectivity index (χ0) is 18.8. The first-order valence-corrected chi connectivity index (χ1v) is 8.08. The van der Waals surface area contributed by atoms with E-state index in [1.807, 2.05) is 6.07 Å². The second-order valence-corrected chi connectivity index (χ2v) is 6.14. The molecular formula is C20H16F2N2O2. The maximum Gasteiger partial charge on any atom is 0.332 e. The van der Waals surface area contributed by atoms with Crippen molar-refractivity contribution in [1.82, 2.24) is 4.90 Å². The first-order valence-electron chi connectivity index (χ1n) is 8.08. The summed E-state index contributed by atoms with van der Waals surface area (Å²) >= 11 is 0. The molecule has 26 heavy (non-hydrogen) atoms. The van der Waals surface area contributed by atoms with Crippen LogP contribution in [0.4, 0.5) is 19.3 Å². The molecule has 1 fully saturated rings. The van der Waals surface area contributed by atoms with Gasteiger partial charge in [-0.15, -0.1) is 0 Å². The van der Waals surface area contributed by atoms with Gasteiger partial charge < -0.3 is 4.90 Å². The molecule has 0 aromatic heterocycles. The van der Waals surface area contributed by atoms with E-state index in [1.165, 1.54) is 4.90 Å². The molecule has 0 saturated carbocycles. The lowest BCUT2D eigenvalue weighted by Gasteiger charge is -2.20. The van der Waals surface area contributed by atoms with Crippen LogP contribution in [-0.4, -0.2) is 29.4 Å². The number of urea groups is 1. The summed E-state index contributed by atoms with van der Waals surface area (Å²) < 4.78 is 29.0. The van der Waals surface area contributed by atoms with Crippen LogP contribution in [0.3, 0.4) is 0 Å². The summed E-state index contributed by atoms with van der Waals surface area (Å²) in [6.07, 6.45) is 0. The van der Waals surface area contributed by atoms with Gasteiger partial charge in [0.25, 0.3) is 5.91 Å². The summed E-state index contributed by atoms with van der Waals surface area (Å²) in [5, 5.41) is 0. The Bertz CT molecular complexity index is 907. The van der Waals surface area contributed by atoms with Gasteiger partial charge in [-0.1, -0.05) is 30.0 Å². The van der Waals surface area contributed by atoms with E-state index in [1.54, 1.807) is 38.1 Å². The summed E-state index contributed by atoms with van der Waals surface area (Å²) in [7, 11) is 0. The summed E-state index contributed by atoms with van der Waals surface area (Å²) in [6.45, 7) is 3.25. The fraction of sp³-hybridized carbons (Fsp3) is 0.200. The fourth-order valence-electron chi connectivity index (χ4n) is 2.66. The molecule has 4 nitrogen and oxygen atoms in total. The molecule has 1 aliphatic heterocycles. The van der Waals surface area contributed by atoms with Gasteiger partial charge in [-0.25, -0.2) is 18.5 Å². The first-order chi connectivity index (χ1) is 12.4. The fourth-order valence-corrected chi connectivity index (χ4v) is 2.66. The zero-order valence-corrected chi connectivity index (χ0v) is 14.3. The molecule has 2 aromatic rings. The van der Waals surface area contributed by atoms with Crippen molar-refractivity contribution in [2.24, 2.45) is 0 Å². The molecule has 3 rings (SSSR count). The molecule has 0 aliphatic carbocycles. The van der Waals surface area contributed by atoms with Crippen LogP contribution in [0.15, 0.2) is 42.5 Å². The molecule has 1 saturated heterocycles. The third-order valence-corrected chi connectivity index (χ3v) is 3.98. The van der Waals surface area contributed by atoms with Crippen LogP contribution in [0.2, 0.25) is 0 Å². The number of carbonyl (C=O) groups is 2. The normalized spacial score (nSPS) is 14.0. The lowest BCUT2D eigenvalue weighted by molar-refractivity contribution is -0.116. The highest BCUT2D eigenvalue weighted by molar-refractivity contribution is 6.20. The van der Waals surface area contributed by atoms with E-state index < -0.39 is 29.3 Å². The van der Waals surface area contributed by atoms with Crippen molar-refractivity contribution in [3.05, 3.63) is 65.2 Å². The summed E-state index contributed by atoms with van der Waals surface area (Å²) in [6, 6.07) is 10.1. The van der Waals surface area contributed by atoms with E-state index in [0.29, 0.717) is 10.5 Å². The average molecular weight is 354 g/mol. The van der Waals surface area contributed by atoms with E-state index in [9.17, 15) is 18.4 Å². The highest BCUT2D eigenvalue weighted by atomic mass is 19.1. The average Bonchev–Trinajstić information content (AvgIpc) is 2.89. The van der Waals surface area contributed by atoms with Gasteiger partial charge in [0.1, 0.15) is 12.2 Å². The van der Waals surface area contributed by atoms with Gasteiger partial charge >= 0.3 is 6.03 Å². The van der Waals surface area contributed by atoms with Crippen molar-refractivity contribution in [1.29, 1.82) is 0 Å². The van der Waals surface area contributed by atoms with Crippen molar-refractivity contribution in [3.8, 4) is 11.8 Å². The van der Waals surface area contributed by atoms with Crippen LogP contribution in [0.25, 0.3) is 0 Å². The zero-order valence-electron chi connectivity index (χ0n) is 14.3. The number of rotatable bonds is 2. The highest BCUT2D eigenvalue weighted by Gasteiger charge is 2.41. The van der Waals surface area contributed by atoms with Crippen molar-refractivity contribution >= 4 is 17.6 Å². The highest BCUT2D eigenvalue weighted by Crippen LogP contribution is 2.29. The minimum Gasteiger partial charge on any atom is -0.312 e. The van der Waals surface area contributed by atoms with Crippen LogP contribution < -0.4 is 4.90 Å². The van der Waals surface area contributed by atoms with Gasteiger partial charge in [0.05, 0.1) is 0 Å². The van der Waals surface area contributed by atoms with E-state index in [4.69, 9.17) is 0 Å². The molecule has 0 N–H and O–H groups in total. The molecule has 0 radical (unpaired) electrons. The maximum absolute atomic E-state index is 14.5. The van der Waals surface area contributed by atoms with Crippen LogP contribution >= 0.6 is 0 Å². The van der Waals surface area contributed by atoms with Gasteiger partial charge in [0.15, 0.2) is 11.6 Å². The van der Waals surface area contributed by atoms with Crippen molar-refractivity contribution < 1.29 is 18.4 Å². The second-order valence-electron chi connectivity index (χ2n) is 6.14. The molecule has 0 spiro atoms. The van der Waals surface area contributed by atoms with E-state index in [0.717, 1.165) is 12.1 Å². The number of carbonyl (C=O) groups excluding carboxylic acids is 2. The molecule has 3 amide bonds. The number of hydrogen-bond acceptors (Lipinski definition) is 2. The summed E-state index contributed by atoms with van der Waals surface area (Å²) in [5.74, 6) is 2.81. The van der Waals surface area contributed by atoms with Gasteiger partial charge in [-0.3, -0.25) is 4.79 Å². The maximum atomic E-state index is 14.5. The SMILES string of the molecule is CC(C)N1CC(=O)N(c2c(F)cc(C#Cc3ccccc3)cc2F)C1=O. The van der Waals surface area contributed by atoms with Crippen LogP contribution in [0.5, 0.6) is 0 Å². The van der Waals surface area contributed by atoms with Gasteiger partial charge in [-0.05, 0) is 38.1 Å². The lowest BCUT2D eigenvalue weighted by atomic mass is 10.1. The third kappa shape index (κ3) is 3.29. The number of nitrogens with zero attached hydrogens (tertiary/aromatic N) is 2. The van der Waals surface area contributed by atoms with Crippen molar-refractivity contribution in [3.63, 3.8) is 0 Å². The lowest BCUT2D eigenvalue weighted by Crippen LogP contribution is -2.37. The largest absolute Gasteiger partial charge is 0.332 e. The second kappa shape index (κ2) is 6.96. The van der Waals surface area contributed by atoms with Gasteiger partial charge in [0.2, 0.25) is 0 Å². The number of anilines is 1. The van der Waals surface area contributed by atoms with E-state index >= 15 is 0 Å². The molecule has 0 unspecified atom stereocenters. The Balaban J connectivity index is 1.95. The topological polar surface area (TPSA) is 40.6 Å². The van der Waals surface area contributed by atoms with Crippen LogP contribution in [0, 0.1) is 23.5 Å². The Labute approximate surface area is 150 Å². The van der Waals surface area contributed by atoms with E-state index in [-0.39, 0.29) is 18.2 Å². The predicted octanol–water partition coefficient (Wildman–Crippen LogP) is 3.54. The van der Waals surface area contributed by atoms with E-state index in [2.05, 4.69) is 11.8 Å². The Hall–Kier alpha value is -3.20. The Morgan fingerprint density at radius 2 is 1.54 bits per heavy atom. The predicted molar refractivity (Wildman–Crippen MR) is 93.5 cm³/mol. The molecule has 132 valence electrons. The Morgan fingerprint density at radius 3 is 2.08 bits per heavy atom. The number of hydrogen-bond donors (Lipinski definition) is 0. The number of benzene rings is 2. The number of halogens is 2. The van der Waals surface area contributed by atoms with Crippen molar-refractivity contribution in [2.75, 3.05) is 11.4 Å². The number of amides is 3. The smallest absolute Gasteiger partial charge is 0.312 e. The molecule has 2 aromatic carbocycles. The molecule has 1 heterocycles. The monoisotopic (exact) mass is 354 g/mol. The minimum absolute atomic E-state index is 0.118. The summed E-state index contributed by atoms with van der Waals surface area (Å²) in [4.78, 5) is 26.2. The van der Waals surface area contributed by atoms with Gasteiger partial charge in [0, 0.05) is 17.2 Å². The first kappa shape index (κ1) is 17.6. The molecule has 0 atom stereocenters. The molecule has 1 aliphatic rings. The third-order valence-electron chi connectivity index (χ3n) is 3.98. The van der Waals surface area contributed by atoms with Crippen molar-refractivity contribution in [2.45, 2.75) is 19.9 Å². The molecule has 0 bridgehead atoms. The van der Waals surface area contributed by atoms with Crippen LogP contribution in [-0.2, 0) is 4.79 Å². The standard InChI is InChI=1S/C20H16F2N2O2/c1-13(2)23-12-18(25)24(20(23)26)19-16(21)10-15(11-17(19)22)9-8-14-6-4-3-5-7-14/h3-7,10-11,13H,12H2,1-2H3. The Morgan fingerprint density at radius 1 is 0.962 bits per heavy atom. The summed E-state index contributed by atoms with van der Waals surface area (Å²) in [5.41, 5.74) is 0.163. The molecule has 6 heteroatoms. The minimum atomic E-state index is -1.00. The quantitative estimate of drug-likeness (QED) is 0.611. The molecular weight excluding hydrogens is 338 g/mol. The Kier molecular flexibility index (Phi) is 4.72. The number of imide groups is 1. The van der Waals surface area contributed by atoms with Gasteiger partial charge in [-0.2, -0.15) is 0 Å². The van der Waals surface area contributed by atoms with Crippen LogP contribution in [0.1, 0.15) is 25.0 Å².